The van der Waals surface area contributed by atoms with E-state index in [-0.39, 0.29) is 71.2 Å². The molecule has 0 bridgehead atoms. The number of ketones is 4. The number of methoxy groups -OCH3 is 4. The van der Waals surface area contributed by atoms with Crippen LogP contribution in [0.15, 0.2) is 0 Å². The topological polar surface area (TPSA) is 173 Å². The Hall–Kier alpha value is -3.44. The van der Waals surface area contributed by atoms with Crippen molar-refractivity contribution < 1.29 is 57.3 Å². The molecule has 0 heterocycles. The summed E-state index contributed by atoms with van der Waals surface area (Å²) in [6.45, 7) is 8.62. The Morgan fingerprint density at radius 2 is 0.547 bits per heavy atom. The second-order valence-electron chi connectivity index (χ2n) is 18.6. The van der Waals surface area contributed by atoms with Crippen molar-refractivity contribution in [3.8, 4) is 0 Å². The normalized spacial score (nSPS) is 24.8. The Balaban J connectivity index is 0.000000427. The molecule has 4 fully saturated rings. The Kier molecular flexibility index (Phi) is 31.9. The summed E-state index contributed by atoms with van der Waals surface area (Å²) in [7, 11) is 5.63. The molecule has 4 aliphatic rings. The predicted molar refractivity (Wildman–Crippen MR) is 248 cm³/mol. The number of carbonyl (C=O) groups excluding carboxylic acids is 8. The fourth-order valence-electron chi connectivity index (χ4n) is 10.1. The highest BCUT2D eigenvalue weighted by Crippen LogP contribution is 2.38. The van der Waals surface area contributed by atoms with Crippen LogP contribution in [0.1, 0.15) is 207 Å². The third-order valence-electron chi connectivity index (χ3n) is 14.1. The van der Waals surface area contributed by atoms with Crippen molar-refractivity contribution >= 4 is 47.0 Å². The van der Waals surface area contributed by atoms with E-state index in [2.05, 4.69) is 46.6 Å². The van der Waals surface area contributed by atoms with E-state index in [9.17, 15) is 38.4 Å². The minimum atomic E-state index is -0.180. The molecule has 368 valence electrons. The molecule has 0 aromatic heterocycles. The van der Waals surface area contributed by atoms with E-state index >= 15 is 0 Å². The molecule has 12 heteroatoms. The molecule has 8 atom stereocenters. The van der Waals surface area contributed by atoms with E-state index in [1.807, 2.05) is 0 Å². The average molecular weight is 905 g/mol. The van der Waals surface area contributed by atoms with Gasteiger partial charge in [0.1, 0.15) is 23.1 Å². The quantitative estimate of drug-likeness (QED) is 0.0510. The van der Waals surface area contributed by atoms with Crippen molar-refractivity contribution in [3.05, 3.63) is 0 Å². The smallest absolute Gasteiger partial charge is 0.305 e. The molecule has 0 N–H and O–H groups in total. The van der Waals surface area contributed by atoms with Gasteiger partial charge in [0, 0.05) is 75.0 Å². The molecule has 0 aromatic carbocycles. The van der Waals surface area contributed by atoms with Crippen LogP contribution >= 0.6 is 0 Å². The maximum Gasteiger partial charge on any atom is 0.305 e. The molecule has 0 radical (unpaired) electrons. The lowest BCUT2D eigenvalue weighted by Gasteiger charge is -2.16. The van der Waals surface area contributed by atoms with Gasteiger partial charge >= 0.3 is 23.9 Å². The van der Waals surface area contributed by atoms with Crippen LogP contribution in [-0.4, -0.2) is 75.4 Å². The summed E-state index contributed by atoms with van der Waals surface area (Å²) < 4.78 is 18.7. The van der Waals surface area contributed by atoms with Gasteiger partial charge in [-0.15, -0.1) is 0 Å². The van der Waals surface area contributed by atoms with Crippen molar-refractivity contribution in [2.75, 3.05) is 28.4 Å². The summed E-state index contributed by atoms with van der Waals surface area (Å²) in [4.78, 5) is 91.7. The summed E-state index contributed by atoms with van der Waals surface area (Å²) in [5, 5.41) is 0. The van der Waals surface area contributed by atoms with Gasteiger partial charge in [-0.3, -0.25) is 38.4 Å². The zero-order valence-corrected chi connectivity index (χ0v) is 41.3. The number of Topliss-reactive ketones (excluding diaryl/α,β-unsaturated/α-hetero) is 4. The molecule has 0 aliphatic heterocycles. The maximum atomic E-state index is 11.7. The first kappa shape index (κ1) is 58.6. The molecule has 64 heavy (non-hydrogen) atoms. The van der Waals surface area contributed by atoms with Gasteiger partial charge < -0.3 is 18.9 Å². The summed E-state index contributed by atoms with van der Waals surface area (Å²) >= 11 is 0. The Morgan fingerprint density at radius 1 is 0.359 bits per heavy atom. The van der Waals surface area contributed by atoms with E-state index in [4.69, 9.17) is 0 Å². The van der Waals surface area contributed by atoms with Gasteiger partial charge in [-0.25, -0.2) is 0 Å². The van der Waals surface area contributed by atoms with Crippen molar-refractivity contribution in [3.63, 3.8) is 0 Å². The first-order valence-electron chi connectivity index (χ1n) is 25.1. The standard InChI is InChI=1S/4C13H22O3/c4*1-3-4-5-6-11-10(7-8-12(11)14)9-13(15)16-2/h4*10-11H,3-9H2,1-2H3/t2*10-,11+;2*10-,11-/m1010/s1. The fraction of sp³-hybridized carbons (Fsp3) is 0.846. The van der Waals surface area contributed by atoms with Crippen LogP contribution in [0.2, 0.25) is 0 Å². The highest BCUT2D eigenvalue weighted by Gasteiger charge is 2.38. The van der Waals surface area contributed by atoms with E-state index in [0.717, 1.165) is 77.0 Å². The molecule has 0 amide bonds. The predicted octanol–water partition coefficient (Wildman–Crippen LogP) is 10.9. The second-order valence-corrected chi connectivity index (χ2v) is 18.6. The van der Waals surface area contributed by atoms with Crippen LogP contribution < -0.4 is 0 Å². The first-order valence-corrected chi connectivity index (χ1v) is 25.1. The van der Waals surface area contributed by atoms with Gasteiger partial charge in [0.05, 0.1) is 28.4 Å². The molecule has 4 saturated carbocycles. The molecule has 0 spiro atoms. The van der Waals surface area contributed by atoms with Gasteiger partial charge in [0.15, 0.2) is 0 Å². The highest BCUT2D eigenvalue weighted by molar-refractivity contribution is 5.86. The maximum absolute atomic E-state index is 11.7. The van der Waals surface area contributed by atoms with Crippen LogP contribution in [0, 0.1) is 47.3 Å². The van der Waals surface area contributed by atoms with E-state index < -0.39 is 0 Å². The summed E-state index contributed by atoms with van der Waals surface area (Å²) in [6, 6.07) is 0. The lowest BCUT2D eigenvalue weighted by molar-refractivity contribution is -0.143. The zero-order chi connectivity index (χ0) is 47.9. The Bertz CT molecular complexity index is 1200. The largest absolute Gasteiger partial charge is 0.469 e. The Morgan fingerprint density at radius 3 is 0.703 bits per heavy atom. The van der Waals surface area contributed by atoms with Crippen molar-refractivity contribution in [2.24, 2.45) is 47.3 Å². The molecule has 4 aliphatic carbocycles. The molecule has 12 nitrogen and oxygen atoms in total. The number of rotatable bonds is 24. The molecule has 0 saturated heterocycles. The van der Waals surface area contributed by atoms with E-state index in [1.165, 1.54) is 79.8 Å². The van der Waals surface area contributed by atoms with Gasteiger partial charge in [0.25, 0.3) is 0 Å². The number of hydrogen-bond acceptors (Lipinski definition) is 12. The van der Waals surface area contributed by atoms with Gasteiger partial charge in [0.2, 0.25) is 0 Å². The third kappa shape index (κ3) is 22.6. The molecular weight excluding hydrogens is 817 g/mol. The minimum absolute atomic E-state index is 0.116. The highest BCUT2D eigenvalue weighted by atomic mass is 16.5. The second kappa shape index (κ2) is 34.8. The first-order chi connectivity index (χ1) is 30.7. The van der Waals surface area contributed by atoms with Crippen LogP contribution in [0.25, 0.3) is 0 Å². The summed E-state index contributed by atoms with van der Waals surface area (Å²) in [5.41, 5.74) is 0. The number of carbonyl (C=O) groups is 8. The third-order valence-corrected chi connectivity index (χ3v) is 14.1. The number of esters is 4. The van der Waals surface area contributed by atoms with Crippen LogP contribution in [-0.2, 0) is 57.3 Å². The van der Waals surface area contributed by atoms with Crippen LogP contribution in [0.4, 0.5) is 0 Å². The number of hydrogen-bond donors (Lipinski definition) is 0. The molecule has 4 rings (SSSR count). The number of ether oxygens (including phenoxy) is 4. The van der Waals surface area contributed by atoms with Crippen molar-refractivity contribution in [2.45, 2.75) is 207 Å². The van der Waals surface area contributed by atoms with Gasteiger partial charge in [-0.05, 0) is 75.0 Å². The van der Waals surface area contributed by atoms with Gasteiger partial charge in [-0.2, -0.15) is 0 Å². The lowest BCUT2D eigenvalue weighted by atomic mass is 9.88. The van der Waals surface area contributed by atoms with E-state index in [0.29, 0.717) is 74.5 Å². The van der Waals surface area contributed by atoms with E-state index in [1.54, 1.807) is 0 Å². The molecule has 0 unspecified atom stereocenters. The van der Waals surface area contributed by atoms with Crippen molar-refractivity contribution in [1.82, 2.24) is 0 Å². The van der Waals surface area contributed by atoms with Crippen LogP contribution in [0.3, 0.4) is 0 Å². The average Bonchev–Trinajstić information content (AvgIpc) is 4.04. The Labute approximate surface area is 386 Å². The van der Waals surface area contributed by atoms with Gasteiger partial charge in [-0.1, -0.05) is 105 Å². The summed E-state index contributed by atoms with van der Waals surface area (Å²) in [5.74, 6) is 2.08. The van der Waals surface area contributed by atoms with Crippen LogP contribution in [0.5, 0.6) is 0 Å². The lowest BCUT2D eigenvalue weighted by Crippen LogP contribution is -2.18. The fourth-order valence-corrected chi connectivity index (χ4v) is 10.1. The molecule has 0 aromatic rings. The number of unbranched alkanes of at least 4 members (excludes halogenated alkanes) is 8. The zero-order valence-electron chi connectivity index (χ0n) is 41.3. The van der Waals surface area contributed by atoms with Crippen molar-refractivity contribution in [1.29, 1.82) is 0 Å². The SMILES string of the molecule is CCCCC[C@@H]1C(=O)CC[C@@H]1CC(=O)OC.CCCCC[C@@H]1C(=O)CC[C@H]1CC(=O)OC.CCCCC[C@H]1C(=O)CC[C@@H]1CC(=O)OC.CCCCC[C@H]1C(=O)CC[C@H]1CC(=O)OC. The minimum Gasteiger partial charge on any atom is -0.469 e. The molecular formula is C52H88O12. The summed E-state index contributed by atoms with van der Waals surface area (Å²) in [6.07, 6.45) is 25.3. The monoisotopic (exact) mass is 905 g/mol.